The van der Waals surface area contributed by atoms with Gasteiger partial charge in [-0.1, -0.05) is 38.1 Å². The number of aromatic nitrogens is 4. The Kier molecular flexibility index (Phi) is 13.7. The molecule has 15 heteroatoms. The minimum Gasteiger partial charge on any atom is -0.497 e. The second-order valence-electron chi connectivity index (χ2n) is 15.8. The average Bonchev–Trinajstić information content (AvgIpc) is 3.91. The molecule has 15 nitrogen and oxygen atoms in total. The fraction of sp³-hybridized carbons (Fsp3) is 0.354. The molecule has 0 spiro atoms. The van der Waals surface area contributed by atoms with Gasteiger partial charge in [0.2, 0.25) is 5.91 Å². The van der Waals surface area contributed by atoms with Crippen LogP contribution in [0.3, 0.4) is 0 Å². The number of benzene rings is 1. The molecule has 63 heavy (non-hydrogen) atoms. The summed E-state index contributed by atoms with van der Waals surface area (Å²) in [6.07, 6.45) is 3.57. The van der Waals surface area contributed by atoms with Crippen LogP contribution in [0.15, 0.2) is 42.5 Å². The van der Waals surface area contributed by atoms with E-state index in [-0.39, 0.29) is 29.5 Å². The highest BCUT2D eigenvalue weighted by atomic mass is 16.5. The van der Waals surface area contributed by atoms with Crippen molar-refractivity contribution in [2.45, 2.75) is 84.6 Å². The number of hydrogen-bond donors (Lipinski definition) is 4. The van der Waals surface area contributed by atoms with E-state index < -0.39 is 60.5 Å². The molecule has 0 radical (unpaired) electrons. The standard InChI is InChI=1S/C48H53N5O10/c1-10-30-24(2)35-21-37-31(16-13-28-11-14-29(61-7)15-12-28)25(3)34(49-37)20-36-26(4)32(17-18-42(55)56)45(52-36)33(19-41(54)51-39(48(60)63-9)23-43(57)62-8)46-44(47(58)59)27(5)40(53(46)6)22-38(30)50-35/h11-16,20-22,26,32,39,49H,10,17-19,23H2,1-9H3,(H,51,54)(H,55,56)(H,58,59)/b16-13+,34-20?,35-21?,36-20?,37-21?,38-22?,40-22?,45-33?,46-33?/t26-,32-,39-/m0/s1. The molecule has 3 atom stereocenters. The fourth-order valence-electron chi connectivity index (χ4n) is 8.61. The Labute approximate surface area is 364 Å². The molecule has 4 aromatic rings. The molecule has 3 aromatic heterocycles. The van der Waals surface area contributed by atoms with Crippen LogP contribution in [0.25, 0.3) is 45.4 Å². The Balaban J connectivity index is 1.74. The van der Waals surface area contributed by atoms with E-state index in [1.165, 1.54) is 0 Å². The van der Waals surface area contributed by atoms with Crippen molar-refractivity contribution in [2.75, 3.05) is 21.3 Å². The van der Waals surface area contributed by atoms with Crippen molar-refractivity contribution in [1.29, 1.82) is 0 Å². The van der Waals surface area contributed by atoms with Gasteiger partial charge in [0.15, 0.2) is 0 Å². The maximum atomic E-state index is 14.2. The maximum absolute atomic E-state index is 14.2. The summed E-state index contributed by atoms with van der Waals surface area (Å²) in [4.78, 5) is 78.7. The van der Waals surface area contributed by atoms with Crippen LogP contribution in [0.4, 0.5) is 0 Å². The number of carbonyl (C=O) groups is 5. The van der Waals surface area contributed by atoms with Crippen LogP contribution in [0.1, 0.15) is 119 Å². The van der Waals surface area contributed by atoms with Crippen molar-refractivity contribution in [3.05, 3.63) is 98.6 Å². The topological polar surface area (TPSA) is 212 Å². The highest BCUT2D eigenvalue weighted by Gasteiger charge is 2.35. The number of aromatic amines is 1. The second kappa shape index (κ2) is 18.9. The van der Waals surface area contributed by atoms with E-state index in [4.69, 9.17) is 24.2 Å². The third-order valence-corrected chi connectivity index (χ3v) is 12.1. The molecule has 2 aliphatic rings. The lowest BCUT2D eigenvalue weighted by Gasteiger charge is -2.19. The first-order valence-electron chi connectivity index (χ1n) is 20.7. The van der Waals surface area contributed by atoms with Crippen LogP contribution in [0, 0.1) is 13.8 Å². The number of fused-ring (bicyclic) bond motifs is 8. The molecule has 1 amide bonds. The van der Waals surface area contributed by atoms with Crippen molar-refractivity contribution in [1.82, 2.24) is 24.8 Å². The number of aliphatic carboxylic acids is 1. The number of aryl methyl sites for hydroxylation is 3. The van der Waals surface area contributed by atoms with Gasteiger partial charge in [0.25, 0.3) is 0 Å². The van der Waals surface area contributed by atoms with Gasteiger partial charge in [0, 0.05) is 58.7 Å². The highest BCUT2D eigenvalue weighted by Crippen LogP contribution is 2.43. The van der Waals surface area contributed by atoms with Crippen molar-refractivity contribution in [2.24, 2.45) is 7.05 Å². The summed E-state index contributed by atoms with van der Waals surface area (Å²) < 4.78 is 16.7. The van der Waals surface area contributed by atoms with Gasteiger partial charge in [-0.15, -0.1) is 0 Å². The zero-order valence-corrected chi connectivity index (χ0v) is 37.0. The Morgan fingerprint density at radius 3 is 2.25 bits per heavy atom. The van der Waals surface area contributed by atoms with E-state index >= 15 is 0 Å². The molecular formula is C48H53N5O10. The second-order valence-corrected chi connectivity index (χ2v) is 15.8. The maximum Gasteiger partial charge on any atom is 0.338 e. The van der Waals surface area contributed by atoms with Crippen molar-refractivity contribution < 1.29 is 48.4 Å². The van der Waals surface area contributed by atoms with E-state index in [1.807, 2.05) is 82.3 Å². The lowest BCUT2D eigenvalue weighted by Crippen LogP contribution is -2.43. The number of ether oxygens (including phenoxy) is 3. The number of rotatable bonds is 14. The molecule has 8 bridgehead atoms. The van der Waals surface area contributed by atoms with E-state index in [9.17, 15) is 34.2 Å². The number of aromatic carboxylic acids is 1. The molecule has 330 valence electrons. The summed E-state index contributed by atoms with van der Waals surface area (Å²) >= 11 is 0. The number of allylic oxidation sites excluding steroid dienone is 2. The molecule has 5 heterocycles. The summed E-state index contributed by atoms with van der Waals surface area (Å²) in [5.74, 6) is -4.89. The molecule has 1 aromatic carbocycles. The monoisotopic (exact) mass is 859 g/mol. The van der Waals surface area contributed by atoms with Crippen LogP contribution in [0.5, 0.6) is 5.75 Å². The molecule has 2 aliphatic heterocycles. The molecular weight excluding hydrogens is 807 g/mol. The first-order chi connectivity index (χ1) is 30.0. The molecule has 0 unspecified atom stereocenters. The lowest BCUT2D eigenvalue weighted by atomic mass is 9.85. The zero-order valence-electron chi connectivity index (χ0n) is 37.0. The minimum absolute atomic E-state index is 0.0782. The largest absolute Gasteiger partial charge is 0.497 e. The van der Waals surface area contributed by atoms with E-state index in [2.05, 4.69) is 10.3 Å². The van der Waals surface area contributed by atoms with Gasteiger partial charge in [-0.25, -0.2) is 14.6 Å². The van der Waals surface area contributed by atoms with Crippen molar-refractivity contribution in [3.8, 4) is 5.75 Å². The molecule has 0 aliphatic carbocycles. The van der Waals surface area contributed by atoms with E-state index in [0.29, 0.717) is 34.6 Å². The third kappa shape index (κ3) is 9.27. The van der Waals surface area contributed by atoms with Gasteiger partial charge in [-0.05, 0) is 91.8 Å². The number of carboxylic acids is 2. The lowest BCUT2D eigenvalue weighted by molar-refractivity contribution is -0.150. The number of nitrogens with one attached hydrogen (secondary N) is 2. The first-order valence-corrected chi connectivity index (χ1v) is 20.7. The molecule has 6 rings (SSSR count). The summed E-state index contributed by atoms with van der Waals surface area (Å²) in [6.45, 7) is 9.67. The van der Waals surface area contributed by atoms with Crippen LogP contribution < -0.4 is 10.1 Å². The summed E-state index contributed by atoms with van der Waals surface area (Å²) in [5, 5.41) is 23.4. The predicted molar refractivity (Wildman–Crippen MR) is 239 cm³/mol. The number of amides is 1. The molecule has 0 saturated heterocycles. The molecule has 0 fully saturated rings. The quantitative estimate of drug-likeness (QED) is 0.0900. The number of carbonyl (C=O) groups excluding carboxylic acids is 3. The van der Waals surface area contributed by atoms with Gasteiger partial charge in [0.05, 0.1) is 62.3 Å². The fourth-order valence-corrected chi connectivity index (χ4v) is 8.61. The number of H-pyrrole nitrogens is 1. The van der Waals surface area contributed by atoms with Gasteiger partial charge < -0.3 is 39.3 Å². The Hall–Kier alpha value is -7.03. The normalized spacial score (nSPS) is 15.3. The highest BCUT2D eigenvalue weighted by molar-refractivity contribution is 6.04. The number of hydrogen-bond acceptors (Lipinski definition) is 10. The zero-order chi connectivity index (χ0) is 45.9. The summed E-state index contributed by atoms with van der Waals surface area (Å²) in [6, 6.07) is 12.1. The van der Waals surface area contributed by atoms with Gasteiger partial charge in [0.1, 0.15) is 11.8 Å². The predicted octanol–water partition coefficient (Wildman–Crippen LogP) is 7.68. The Bertz CT molecular complexity index is 2740. The van der Waals surface area contributed by atoms with Crippen LogP contribution in [0.2, 0.25) is 0 Å². The van der Waals surface area contributed by atoms with Crippen LogP contribution in [-0.2, 0) is 42.1 Å². The summed E-state index contributed by atoms with van der Waals surface area (Å²) in [5.41, 5.74) is 9.81. The number of carboxylic acid groups (broad SMARTS) is 2. The minimum atomic E-state index is -1.41. The number of esters is 2. The Morgan fingerprint density at radius 1 is 0.921 bits per heavy atom. The smallest absolute Gasteiger partial charge is 0.338 e. The average molecular weight is 860 g/mol. The van der Waals surface area contributed by atoms with E-state index in [0.717, 1.165) is 64.5 Å². The molecule has 4 N–H and O–H groups in total. The van der Waals surface area contributed by atoms with Crippen LogP contribution in [-0.4, -0.2) is 86.9 Å². The van der Waals surface area contributed by atoms with Gasteiger partial charge in [-0.3, -0.25) is 19.4 Å². The number of nitrogens with zero attached hydrogens (tertiary/aromatic N) is 3. The van der Waals surface area contributed by atoms with Gasteiger partial charge >= 0.3 is 23.9 Å². The van der Waals surface area contributed by atoms with Crippen LogP contribution >= 0.6 is 0 Å². The Morgan fingerprint density at radius 2 is 1.63 bits per heavy atom. The SMILES string of the molecule is CCC1=C(C)c2cc3[nH]c(cc4nc(c(CC(=O)N[C@@H](CC(=O)OC)C(=O)OC)c5c(C(=O)O)c(C)c(cc1n2)n5C)[C@@H](CCC(=O)O)[C@@H]4C)c(C)c3/C=C/c1ccc(OC)cc1. The van der Waals surface area contributed by atoms with Crippen molar-refractivity contribution >= 4 is 75.1 Å². The summed E-state index contributed by atoms with van der Waals surface area (Å²) in [7, 11) is 5.60. The molecule has 0 saturated carbocycles. The van der Waals surface area contributed by atoms with Gasteiger partial charge in [-0.2, -0.15) is 0 Å². The third-order valence-electron chi connectivity index (χ3n) is 12.1. The first kappa shape index (κ1) is 45.5. The van der Waals surface area contributed by atoms with Crippen molar-refractivity contribution in [3.63, 3.8) is 0 Å². The number of methoxy groups -OCH3 is 3. The van der Waals surface area contributed by atoms with E-state index in [1.54, 1.807) is 25.6 Å².